The first-order valence-electron chi connectivity index (χ1n) is 23.7. The normalized spacial score (nSPS) is 10.8. The molecule has 4 aromatic carbocycles. The van der Waals surface area contributed by atoms with Crippen molar-refractivity contribution in [3.05, 3.63) is 135 Å². The minimum absolute atomic E-state index is 0. The van der Waals surface area contributed by atoms with Crippen molar-refractivity contribution in [2.45, 2.75) is 139 Å². The molecule has 0 radical (unpaired) electrons. The average molecular weight is 974 g/mol. The Bertz CT molecular complexity index is 2040. The molecule has 0 bridgehead atoms. The van der Waals surface area contributed by atoms with E-state index in [1.807, 2.05) is 43.3 Å². The number of unbranched alkanes of at least 4 members (excludes halogenated alkanes) is 6. The monoisotopic (exact) mass is 974 g/mol. The van der Waals surface area contributed by atoms with Crippen LogP contribution in [-0.2, 0) is 24.5 Å². The quantitative estimate of drug-likeness (QED) is 0.0144. The molecule has 0 aliphatic heterocycles. The van der Waals surface area contributed by atoms with Crippen molar-refractivity contribution in [2.24, 2.45) is 0 Å². The van der Waals surface area contributed by atoms with E-state index in [1.54, 1.807) is 65.0 Å². The summed E-state index contributed by atoms with van der Waals surface area (Å²) in [6, 6.07) is 26.5. The summed E-state index contributed by atoms with van der Waals surface area (Å²) in [7, 11) is -4.07. The van der Waals surface area contributed by atoms with E-state index in [2.05, 4.69) is 58.0 Å². The van der Waals surface area contributed by atoms with Crippen LogP contribution in [0.25, 0.3) is 12.2 Å². The second-order valence-electron chi connectivity index (χ2n) is 16.5. The van der Waals surface area contributed by atoms with E-state index < -0.39 is 20.4 Å². The number of carbonyl (C=O) groups excluding carboxylic acids is 3. The van der Waals surface area contributed by atoms with E-state index in [9.17, 15) is 28.4 Å². The number of hydrogen-bond donors (Lipinski definition) is 0. The Kier molecular flexibility index (Phi) is 36.9. The fourth-order valence-electron chi connectivity index (χ4n) is 5.78. The number of halogens is 1. The summed E-state index contributed by atoms with van der Waals surface area (Å²) >= 11 is 0. The molecule has 0 aliphatic carbocycles. The van der Waals surface area contributed by atoms with Crippen LogP contribution in [0.15, 0.2) is 84.9 Å². The molecule has 0 aliphatic rings. The van der Waals surface area contributed by atoms with Gasteiger partial charge in [0.15, 0.2) is 5.78 Å². The molecule has 0 amide bonds. The summed E-state index contributed by atoms with van der Waals surface area (Å²) in [6.45, 7) is 22.5. The first kappa shape index (κ1) is 63.9. The number of benzene rings is 4. The second kappa shape index (κ2) is 38.7. The molecule has 0 aromatic heterocycles. The topological polar surface area (TPSA) is 128 Å². The summed E-state index contributed by atoms with van der Waals surface area (Å²) in [4.78, 5) is 33.7. The van der Waals surface area contributed by atoms with Gasteiger partial charge in [-0.05, 0) is 118 Å². The first-order valence-corrected chi connectivity index (χ1v) is 24.8. The Morgan fingerprint density at radius 1 is 0.687 bits per heavy atom. The van der Waals surface area contributed by atoms with Crippen LogP contribution in [0, 0.1) is 20.8 Å². The number of hydrogen-bond acceptors (Lipinski definition) is 9. The molecular weight excluding hydrogens is 894 g/mol. The molecule has 4 aromatic rings. The van der Waals surface area contributed by atoms with Gasteiger partial charge < -0.3 is 23.6 Å². The second-order valence-corrected chi connectivity index (χ2v) is 18.6. The van der Waals surface area contributed by atoms with E-state index >= 15 is 0 Å². The first-order chi connectivity index (χ1) is 31.8. The summed E-state index contributed by atoms with van der Waals surface area (Å²) in [6.07, 6.45) is 14.5. The Labute approximate surface area is 447 Å². The number of aryl methyl sites for hydroxylation is 3. The van der Waals surface area contributed by atoms with Gasteiger partial charge in [-0.25, -0.2) is 4.79 Å². The van der Waals surface area contributed by atoms with Crippen LogP contribution in [0.4, 0.5) is 4.39 Å². The number of rotatable bonds is 22. The van der Waals surface area contributed by atoms with Crippen LogP contribution in [0.5, 0.6) is 5.75 Å². The van der Waals surface area contributed by atoms with Crippen LogP contribution < -0.4 is 61.2 Å². The van der Waals surface area contributed by atoms with Crippen molar-refractivity contribution < 1.29 is 99.7 Å². The van der Waals surface area contributed by atoms with E-state index in [1.165, 1.54) is 55.7 Å². The maximum absolute atomic E-state index is 12.3. The van der Waals surface area contributed by atoms with E-state index in [4.69, 9.17) is 19.9 Å². The van der Waals surface area contributed by atoms with E-state index in [-0.39, 0.29) is 69.3 Å². The molecule has 67 heavy (non-hydrogen) atoms. The summed E-state index contributed by atoms with van der Waals surface area (Å²) < 4.78 is 49.2. The number of Topliss-reactive ketones (excluding diaryl/α,β-unsaturated/α-hetero) is 1. The Morgan fingerprint density at radius 3 is 1.64 bits per heavy atom. The molecule has 4 rings (SSSR count). The van der Waals surface area contributed by atoms with Gasteiger partial charge in [0.2, 0.25) is 0 Å². The fourth-order valence-corrected chi connectivity index (χ4v) is 7.48. The van der Waals surface area contributed by atoms with Gasteiger partial charge in [0.25, 0.3) is 0 Å². The zero-order valence-electron chi connectivity index (χ0n) is 43.7. The van der Waals surface area contributed by atoms with Gasteiger partial charge >= 0.3 is 64.9 Å². The Hall–Kier alpha value is -3.09. The van der Waals surface area contributed by atoms with Gasteiger partial charge in [-0.3, -0.25) is 18.5 Å². The molecule has 0 atom stereocenters. The molecule has 12 heteroatoms. The number of ketones is 1. The van der Waals surface area contributed by atoms with Crippen molar-refractivity contribution in [3.63, 3.8) is 0 Å². The maximum Gasteiger partial charge on any atom is 1.00 e. The van der Waals surface area contributed by atoms with Gasteiger partial charge in [0.1, 0.15) is 12.0 Å². The number of aldehydes is 1. The van der Waals surface area contributed by atoms with Crippen molar-refractivity contribution in [2.75, 3.05) is 33.6 Å². The third-order valence-corrected chi connectivity index (χ3v) is 11.4. The summed E-state index contributed by atoms with van der Waals surface area (Å²) in [5, 5.41) is 10.1. The molecule has 366 valence electrons. The molecule has 0 spiro atoms. The summed E-state index contributed by atoms with van der Waals surface area (Å²) in [5.74, 6) is 0.669. The molecule has 0 unspecified atom stereocenters. The van der Waals surface area contributed by atoms with E-state index in [0.717, 1.165) is 54.6 Å². The SMILES string of the molecule is CC(C)(C)[O-].CCCCCCOC(=O)c1ccc(/C=C/c2ccc(C)c(C)c2)cc1.CCCCCCOc1ccc(C=O)cc1C.CCOP(=O)(Cc1ccc(C(C)=O)cc1)OCC.[2H]CF.[K+]. The number of alkyl halides is 1. The summed E-state index contributed by atoms with van der Waals surface area (Å²) in [5.41, 5.74) is 7.91. The van der Waals surface area contributed by atoms with Gasteiger partial charge in [0, 0.05) is 11.1 Å². The van der Waals surface area contributed by atoms with Crippen LogP contribution in [0.3, 0.4) is 0 Å². The van der Waals surface area contributed by atoms with Crippen LogP contribution >= 0.6 is 7.60 Å². The van der Waals surface area contributed by atoms with Gasteiger partial charge in [-0.15, -0.1) is 5.60 Å². The molecule has 0 saturated heterocycles. The van der Waals surface area contributed by atoms with Gasteiger partial charge in [0.05, 0.1) is 46.7 Å². The van der Waals surface area contributed by atoms with Crippen molar-refractivity contribution in [1.29, 1.82) is 0 Å². The zero-order chi connectivity index (χ0) is 50.7. The third kappa shape index (κ3) is 32.4. The molecule has 0 saturated carbocycles. The molecule has 0 fully saturated rings. The van der Waals surface area contributed by atoms with E-state index in [0.29, 0.717) is 36.5 Å². The number of esters is 1. The largest absolute Gasteiger partial charge is 1.00 e. The number of carbonyl (C=O) groups is 3. The minimum atomic E-state index is -3.07. The van der Waals surface area contributed by atoms with Gasteiger partial charge in [-0.1, -0.05) is 140 Å². The number of ether oxygens (including phenoxy) is 2. The van der Waals surface area contributed by atoms with Crippen molar-refractivity contribution in [3.8, 4) is 5.75 Å². The molecule has 9 nitrogen and oxygen atoms in total. The zero-order valence-corrected chi connectivity index (χ0v) is 46.7. The van der Waals surface area contributed by atoms with Crippen LogP contribution in [0.2, 0.25) is 0 Å². The molecule has 0 N–H and O–H groups in total. The van der Waals surface area contributed by atoms with Crippen LogP contribution in [-0.4, -0.2) is 57.2 Å². The van der Waals surface area contributed by atoms with Gasteiger partial charge in [-0.2, -0.15) is 0 Å². The molecular formula is C55H79FKO9P. The maximum atomic E-state index is 12.3. The molecule has 0 heterocycles. The van der Waals surface area contributed by atoms with Crippen LogP contribution in [0.1, 0.15) is 173 Å². The average Bonchev–Trinajstić information content (AvgIpc) is 3.27. The smallest absolute Gasteiger partial charge is 0.850 e. The predicted octanol–water partition coefficient (Wildman–Crippen LogP) is 11.4. The predicted molar refractivity (Wildman–Crippen MR) is 270 cm³/mol. The van der Waals surface area contributed by atoms with Crippen molar-refractivity contribution >= 4 is 37.8 Å². The van der Waals surface area contributed by atoms with Crippen molar-refractivity contribution in [1.82, 2.24) is 0 Å². The fraction of sp³-hybridized carbons (Fsp3) is 0.473. The Balaban J connectivity index is 0. The third-order valence-electron chi connectivity index (χ3n) is 9.36. The standard InChI is InChI=1S/C23H28O2.C14H20O2.C13H19O4P.C4H9O.CH3F.K/c1-4-5-6-7-16-25-23(24)22-14-12-20(13-15-22)10-11-21-9-8-18(2)19(3)17-21;1-3-4-5-6-9-16-14-8-7-13(11-15)10-12(14)2;1-4-16-18(15,17-5-2)10-12-6-8-13(9-7-12)11(3)14;1-4(2,3)5;1-2;/h8-15,17H,4-7,16H2,1-3H3;7-8,10-11H,3-6,9H2,1-2H3;6-9H,4-5,10H2,1-3H3;1-3H3;1H3;/q;;;-1;;+1/b11-10+;;;;;/i;;;;1D;. The minimum Gasteiger partial charge on any atom is -0.850 e. The Morgan fingerprint density at radius 2 is 1.16 bits per heavy atom.